The van der Waals surface area contributed by atoms with Crippen molar-refractivity contribution in [2.75, 3.05) is 8.86 Å². The second kappa shape index (κ2) is 3.75. The van der Waals surface area contributed by atoms with E-state index in [1.807, 2.05) is 0 Å². The monoisotopic (exact) mass is 419 g/mol. The minimum atomic E-state index is 0.203. The molecule has 2 aliphatic rings. The lowest BCUT2D eigenvalue weighted by Gasteiger charge is -2.38. The fourth-order valence-corrected chi connectivity index (χ4v) is 6.36. The zero-order valence-corrected chi connectivity index (χ0v) is 12.6. The first kappa shape index (κ1) is 11.4. The van der Waals surface area contributed by atoms with Crippen LogP contribution in [0.3, 0.4) is 0 Å². The summed E-state index contributed by atoms with van der Waals surface area (Å²) in [5.74, 6) is 0.750. The Morgan fingerprint density at radius 3 is 2.71 bits per heavy atom. The summed E-state index contributed by atoms with van der Waals surface area (Å²) in [5.41, 5.74) is 1.65. The maximum atomic E-state index is 9.09. The van der Waals surface area contributed by atoms with Gasteiger partial charge in [0.25, 0.3) is 0 Å². The quantitative estimate of drug-likeness (QED) is 0.316. The average Bonchev–Trinajstić information content (AvgIpc) is 2.65. The molecule has 80 valence electrons. The number of hydrogen-bond acceptors (Lipinski definition) is 2. The first-order valence-corrected chi connectivity index (χ1v) is 8.03. The Hall–Kier alpha value is 0.930. The second-order valence-electron chi connectivity index (χ2n) is 4.75. The van der Waals surface area contributed by atoms with E-state index in [1.165, 1.54) is 17.3 Å². The van der Waals surface area contributed by atoms with E-state index in [1.54, 1.807) is 0 Å². The van der Waals surface area contributed by atoms with Gasteiger partial charge in [-0.3, -0.25) is 0 Å². The molecule has 0 aromatic rings. The Balaban J connectivity index is 2.47. The number of fused-ring (bicyclic) bond motifs is 2. The van der Waals surface area contributed by atoms with Gasteiger partial charge in [0.05, 0.1) is 5.71 Å². The molecule has 2 bridgehead atoms. The Morgan fingerprint density at radius 1 is 1.50 bits per heavy atom. The molecule has 0 spiro atoms. The molecule has 0 heterocycles. The van der Waals surface area contributed by atoms with Gasteiger partial charge in [-0.2, -0.15) is 0 Å². The number of halogens is 2. The van der Waals surface area contributed by atoms with E-state index in [0.29, 0.717) is 5.41 Å². The van der Waals surface area contributed by atoms with Crippen LogP contribution in [0.15, 0.2) is 5.16 Å². The molecule has 14 heavy (non-hydrogen) atoms. The molecule has 2 rings (SSSR count). The molecule has 0 amide bonds. The van der Waals surface area contributed by atoms with Gasteiger partial charge in [0.1, 0.15) is 0 Å². The maximum Gasteiger partial charge on any atom is 0.0648 e. The van der Waals surface area contributed by atoms with E-state index < -0.39 is 0 Å². The molecule has 0 aliphatic heterocycles. The second-order valence-corrected chi connectivity index (χ2v) is 6.28. The van der Waals surface area contributed by atoms with Gasteiger partial charge in [0.2, 0.25) is 0 Å². The van der Waals surface area contributed by atoms with Crippen molar-refractivity contribution in [1.29, 1.82) is 0 Å². The van der Waals surface area contributed by atoms with Gasteiger partial charge in [-0.05, 0) is 30.6 Å². The molecule has 3 unspecified atom stereocenters. The number of rotatable bonds is 2. The summed E-state index contributed by atoms with van der Waals surface area (Å²) in [4.78, 5) is 0. The van der Waals surface area contributed by atoms with E-state index in [9.17, 15) is 0 Å². The summed E-state index contributed by atoms with van der Waals surface area (Å²) >= 11 is 4.96. The fourth-order valence-electron chi connectivity index (χ4n) is 3.32. The lowest BCUT2D eigenvalue weighted by molar-refractivity contribution is 0.209. The Kier molecular flexibility index (Phi) is 3.06. The minimum Gasteiger partial charge on any atom is -0.411 e. The van der Waals surface area contributed by atoms with Crippen molar-refractivity contribution in [3.05, 3.63) is 0 Å². The molecule has 2 saturated carbocycles. The highest BCUT2D eigenvalue weighted by Crippen LogP contribution is 2.65. The highest BCUT2D eigenvalue weighted by atomic mass is 127. The highest BCUT2D eigenvalue weighted by Gasteiger charge is 2.64. The van der Waals surface area contributed by atoms with Gasteiger partial charge >= 0.3 is 0 Å². The van der Waals surface area contributed by atoms with Gasteiger partial charge < -0.3 is 5.21 Å². The van der Waals surface area contributed by atoms with Crippen molar-refractivity contribution in [3.63, 3.8) is 0 Å². The van der Waals surface area contributed by atoms with Crippen molar-refractivity contribution in [1.82, 2.24) is 0 Å². The Morgan fingerprint density at radius 2 is 2.21 bits per heavy atom. The Labute approximate surface area is 112 Å². The molecule has 4 heteroatoms. The molecule has 3 atom stereocenters. The van der Waals surface area contributed by atoms with E-state index in [2.05, 4.69) is 57.3 Å². The third kappa shape index (κ3) is 1.15. The minimum absolute atomic E-state index is 0.203. The fraction of sp³-hybridized carbons (Fsp3) is 0.900. The van der Waals surface area contributed by atoms with Gasteiger partial charge in [0, 0.05) is 14.3 Å². The van der Waals surface area contributed by atoms with Crippen molar-refractivity contribution in [2.45, 2.75) is 26.2 Å². The standard InChI is InChI=1S/C10H15I2NO/c1-9(5-11)7-2-3-10(9,6-12)8(4-7)13-14/h7,14H,2-6H2,1H3/b13-8-. The predicted octanol–water partition coefficient (Wildman–Crippen LogP) is 3.49. The van der Waals surface area contributed by atoms with Gasteiger partial charge in [0.15, 0.2) is 0 Å². The van der Waals surface area contributed by atoms with Gasteiger partial charge in [-0.1, -0.05) is 57.3 Å². The molecule has 0 saturated heterocycles. The van der Waals surface area contributed by atoms with Crippen LogP contribution in [0.2, 0.25) is 0 Å². The molecule has 0 aromatic carbocycles. The number of oxime groups is 1. The van der Waals surface area contributed by atoms with Crippen LogP contribution in [0.25, 0.3) is 0 Å². The zero-order valence-electron chi connectivity index (χ0n) is 8.26. The first-order chi connectivity index (χ1) is 6.64. The van der Waals surface area contributed by atoms with E-state index in [4.69, 9.17) is 5.21 Å². The number of hydrogen-bond donors (Lipinski definition) is 1. The Bertz CT molecular complexity index is 281. The van der Waals surface area contributed by atoms with Crippen molar-refractivity contribution < 1.29 is 5.21 Å². The van der Waals surface area contributed by atoms with Crippen molar-refractivity contribution in [2.24, 2.45) is 21.9 Å². The highest BCUT2D eigenvalue weighted by molar-refractivity contribution is 14.1. The summed E-state index contributed by atoms with van der Waals surface area (Å²) in [6.07, 6.45) is 3.57. The summed E-state index contributed by atoms with van der Waals surface area (Å²) in [5, 5.41) is 12.7. The molecule has 0 aromatic heterocycles. The summed E-state index contributed by atoms with van der Waals surface area (Å²) in [7, 11) is 0. The maximum absolute atomic E-state index is 9.09. The van der Waals surface area contributed by atoms with Crippen LogP contribution < -0.4 is 0 Å². The SMILES string of the molecule is CC1(CI)C2CCC1(CI)/C(=N\O)C2. The van der Waals surface area contributed by atoms with Gasteiger partial charge in [-0.15, -0.1) is 0 Å². The predicted molar refractivity (Wildman–Crippen MR) is 74.9 cm³/mol. The van der Waals surface area contributed by atoms with Crippen LogP contribution in [-0.2, 0) is 0 Å². The molecule has 2 nitrogen and oxygen atoms in total. The zero-order chi connectivity index (χ0) is 10.4. The molecule has 2 aliphatic carbocycles. The van der Waals surface area contributed by atoms with Crippen molar-refractivity contribution >= 4 is 50.9 Å². The van der Waals surface area contributed by atoms with Crippen LogP contribution in [-0.4, -0.2) is 19.8 Å². The van der Waals surface area contributed by atoms with Crippen LogP contribution in [0, 0.1) is 16.7 Å². The average molecular weight is 419 g/mol. The summed E-state index contributed by atoms with van der Waals surface area (Å²) in [6, 6.07) is 0. The summed E-state index contributed by atoms with van der Waals surface area (Å²) < 4.78 is 2.28. The molecule has 1 N–H and O–H groups in total. The largest absolute Gasteiger partial charge is 0.411 e. The van der Waals surface area contributed by atoms with Crippen LogP contribution in [0.5, 0.6) is 0 Å². The smallest absolute Gasteiger partial charge is 0.0648 e. The van der Waals surface area contributed by atoms with Crippen LogP contribution >= 0.6 is 45.2 Å². The van der Waals surface area contributed by atoms with Crippen LogP contribution in [0.1, 0.15) is 26.2 Å². The van der Waals surface area contributed by atoms with E-state index >= 15 is 0 Å². The molecule has 2 fully saturated rings. The third-order valence-corrected chi connectivity index (χ3v) is 7.42. The van der Waals surface area contributed by atoms with Crippen LogP contribution in [0.4, 0.5) is 0 Å². The molecule has 0 radical (unpaired) electrons. The van der Waals surface area contributed by atoms with Crippen molar-refractivity contribution in [3.8, 4) is 0 Å². The van der Waals surface area contributed by atoms with Gasteiger partial charge in [-0.25, -0.2) is 0 Å². The summed E-state index contributed by atoms with van der Waals surface area (Å²) in [6.45, 7) is 2.38. The number of alkyl halides is 2. The normalized spacial score (nSPS) is 49.1. The molecular weight excluding hydrogens is 404 g/mol. The lowest BCUT2D eigenvalue weighted by Crippen LogP contribution is -2.40. The third-order valence-electron chi connectivity index (χ3n) is 4.53. The lowest BCUT2D eigenvalue weighted by atomic mass is 9.70. The number of nitrogens with zero attached hydrogens (tertiary/aromatic N) is 1. The molecular formula is C10H15I2NO. The topological polar surface area (TPSA) is 32.6 Å². The van der Waals surface area contributed by atoms with E-state index in [-0.39, 0.29) is 5.41 Å². The van der Waals surface area contributed by atoms with E-state index in [0.717, 1.165) is 22.5 Å². The first-order valence-electron chi connectivity index (χ1n) is 4.98.